The monoisotopic (exact) mass is 288 g/mol. The molecule has 0 aromatic heterocycles. The molecular weight excluding hydrogens is 260 g/mol. The van der Waals surface area contributed by atoms with Gasteiger partial charge in [0.15, 0.2) is 5.96 Å². The summed E-state index contributed by atoms with van der Waals surface area (Å²) >= 11 is 0. The second kappa shape index (κ2) is 7.46. The molecule has 0 amide bonds. The maximum atomic E-state index is 4.31. The van der Waals surface area contributed by atoms with Gasteiger partial charge in [0.1, 0.15) is 0 Å². The number of guanidine groups is 1. The average molecular weight is 288 g/mol. The number of piperidine rings is 1. The summed E-state index contributed by atoms with van der Waals surface area (Å²) in [6, 6.07) is 11.9. The lowest BCUT2D eigenvalue weighted by molar-refractivity contribution is 0.133. The lowest BCUT2D eigenvalue weighted by Crippen LogP contribution is -2.50. The minimum atomic E-state index is 0.521. The average Bonchev–Trinajstić information content (AvgIpc) is 2.48. The summed E-state index contributed by atoms with van der Waals surface area (Å²) in [5.74, 6) is 0.976. The number of hydrogen-bond acceptors (Lipinski definition) is 2. The van der Waals surface area contributed by atoms with Crippen molar-refractivity contribution >= 4 is 5.96 Å². The van der Waals surface area contributed by atoms with E-state index in [0.717, 1.165) is 19.0 Å². The summed E-state index contributed by atoms with van der Waals surface area (Å²) < 4.78 is 0. The molecule has 2 rings (SSSR count). The molecule has 1 aliphatic rings. The summed E-state index contributed by atoms with van der Waals surface area (Å²) in [7, 11) is 5.91. The van der Waals surface area contributed by atoms with Crippen molar-refractivity contribution in [2.24, 2.45) is 4.99 Å². The fraction of sp³-hybridized carbons (Fsp3) is 0.588. The third-order valence-corrected chi connectivity index (χ3v) is 4.21. The predicted octanol–water partition coefficient (Wildman–Crippen LogP) is 2.18. The number of nitrogens with one attached hydrogen (secondary N) is 1. The van der Waals surface area contributed by atoms with Crippen molar-refractivity contribution in [1.29, 1.82) is 0 Å². The minimum Gasteiger partial charge on any atom is -0.353 e. The van der Waals surface area contributed by atoms with Gasteiger partial charge >= 0.3 is 0 Å². The van der Waals surface area contributed by atoms with E-state index in [4.69, 9.17) is 0 Å². The Morgan fingerprint density at radius 2 is 2.05 bits per heavy atom. The summed E-state index contributed by atoms with van der Waals surface area (Å²) in [6.45, 7) is 4.52. The number of rotatable bonds is 3. The van der Waals surface area contributed by atoms with Crippen molar-refractivity contribution < 1.29 is 0 Å². The molecule has 4 heteroatoms. The zero-order valence-electron chi connectivity index (χ0n) is 13.7. The van der Waals surface area contributed by atoms with Gasteiger partial charge in [0.25, 0.3) is 0 Å². The van der Waals surface area contributed by atoms with E-state index in [1.807, 2.05) is 26.0 Å². The Labute approximate surface area is 128 Å². The van der Waals surface area contributed by atoms with Gasteiger partial charge in [-0.1, -0.05) is 30.3 Å². The molecule has 1 aromatic carbocycles. The van der Waals surface area contributed by atoms with Crippen molar-refractivity contribution in [1.82, 2.24) is 15.1 Å². The van der Waals surface area contributed by atoms with Crippen LogP contribution in [0.5, 0.6) is 0 Å². The normalized spacial score (nSPS) is 23.9. The molecule has 1 fully saturated rings. The summed E-state index contributed by atoms with van der Waals surface area (Å²) in [5.41, 5.74) is 1.40. The van der Waals surface area contributed by atoms with E-state index < -0.39 is 0 Å². The van der Waals surface area contributed by atoms with Gasteiger partial charge in [-0.05, 0) is 25.3 Å². The molecule has 116 valence electrons. The Morgan fingerprint density at radius 1 is 1.33 bits per heavy atom. The molecule has 1 saturated heterocycles. The van der Waals surface area contributed by atoms with E-state index in [2.05, 4.69) is 52.5 Å². The Kier molecular flexibility index (Phi) is 5.62. The van der Waals surface area contributed by atoms with Crippen molar-refractivity contribution in [3.63, 3.8) is 0 Å². The first-order valence-corrected chi connectivity index (χ1v) is 7.78. The van der Waals surface area contributed by atoms with Crippen molar-refractivity contribution in [3.8, 4) is 0 Å². The molecule has 1 N–H and O–H groups in total. The smallest absolute Gasteiger partial charge is 0.193 e. The van der Waals surface area contributed by atoms with E-state index in [-0.39, 0.29) is 0 Å². The molecule has 21 heavy (non-hydrogen) atoms. The lowest BCUT2D eigenvalue weighted by Gasteiger charge is -2.39. The second-order valence-electron chi connectivity index (χ2n) is 6.11. The van der Waals surface area contributed by atoms with Crippen LogP contribution in [-0.2, 0) is 6.54 Å². The highest BCUT2D eigenvalue weighted by molar-refractivity contribution is 5.79. The molecule has 0 saturated carbocycles. The van der Waals surface area contributed by atoms with Gasteiger partial charge in [-0.25, -0.2) is 0 Å². The Balaban J connectivity index is 1.87. The summed E-state index contributed by atoms with van der Waals surface area (Å²) in [5, 5.41) is 3.57. The number of nitrogens with zero attached hydrogens (tertiary/aromatic N) is 3. The molecule has 4 nitrogen and oxygen atoms in total. The van der Waals surface area contributed by atoms with E-state index >= 15 is 0 Å². The summed E-state index contributed by atoms with van der Waals surface area (Å²) in [4.78, 5) is 8.93. The van der Waals surface area contributed by atoms with Gasteiger partial charge < -0.3 is 10.2 Å². The van der Waals surface area contributed by atoms with Crippen LogP contribution in [0.15, 0.2) is 35.3 Å². The highest BCUT2D eigenvalue weighted by Crippen LogP contribution is 2.20. The summed E-state index contributed by atoms with van der Waals surface area (Å²) in [6.07, 6.45) is 2.34. The van der Waals surface area contributed by atoms with E-state index in [1.54, 1.807) is 0 Å². The molecule has 0 bridgehead atoms. The Bertz CT molecular complexity index is 455. The molecule has 2 unspecified atom stereocenters. The van der Waals surface area contributed by atoms with E-state index in [0.29, 0.717) is 12.1 Å². The molecule has 2 atom stereocenters. The fourth-order valence-corrected chi connectivity index (χ4v) is 2.98. The third-order valence-electron chi connectivity index (χ3n) is 4.21. The van der Waals surface area contributed by atoms with Crippen LogP contribution >= 0.6 is 0 Å². The highest BCUT2D eigenvalue weighted by Gasteiger charge is 2.26. The molecule has 0 aliphatic carbocycles. The maximum absolute atomic E-state index is 4.31. The van der Waals surface area contributed by atoms with Gasteiger partial charge in [0.05, 0.1) is 0 Å². The van der Waals surface area contributed by atoms with Crippen LogP contribution in [0, 0.1) is 0 Å². The molecule has 0 spiro atoms. The van der Waals surface area contributed by atoms with Gasteiger partial charge in [-0.3, -0.25) is 9.89 Å². The zero-order valence-corrected chi connectivity index (χ0v) is 13.7. The Morgan fingerprint density at radius 3 is 2.62 bits per heavy atom. The van der Waals surface area contributed by atoms with Crippen LogP contribution in [0.1, 0.15) is 25.3 Å². The first-order chi connectivity index (χ1) is 10.1. The number of hydrogen-bond donors (Lipinski definition) is 1. The standard InChI is InChI=1S/C17H28N4/c1-14-12-16(19-17(18-2)20(3)4)10-11-21(14)13-15-8-6-5-7-9-15/h5-9,14,16H,10-13H2,1-4H3,(H,18,19). The van der Waals surface area contributed by atoms with E-state index in [9.17, 15) is 0 Å². The largest absolute Gasteiger partial charge is 0.353 e. The van der Waals surface area contributed by atoms with Crippen molar-refractivity contribution in [2.45, 2.75) is 38.4 Å². The van der Waals surface area contributed by atoms with Gasteiger partial charge in [0, 0.05) is 46.3 Å². The minimum absolute atomic E-state index is 0.521. The lowest BCUT2D eigenvalue weighted by atomic mass is 9.97. The van der Waals surface area contributed by atoms with Crippen LogP contribution in [0.4, 0.5) is 0 Å². The van der Waals surface area contributed by atoms with Gasteiger partial charge in [0.2, 0.25) is 0 Å². The molecule has 0 radical (unpaired) electrons. The SMILES string of the molecule is CN=C(NC1CCN(Cc2ccccc2)C(C)C1)N(C)C. The topological polar surface area (TPSA) is 30.9 Å². The zero-order chi connectivity index (χ0) is 15.2. The highest BCUT2D eigenvalue weighted by atomic mass is 15.3. The number of likely N-dealkylation sites (tertiary alicyclic amines) is 1. The van der Waals surface area contributed by atoms with Crippen LogP contribution in [-0.4, -0.2) is 55.5 Å². The molecular formula is C17H28N4. The van der Waals surface area contributed by atoms with Crippen LogP contribution in [0.3, 0.4) is 0 Å². The molecule has 1 aromatic rings. The number of benzene rings is 1. The van der Waals surface area contributed by atoms with Crippen LogP contribution < -0.4 is 5.32 Å². The van der Waals surface area contributed by atoms with Crippen molar-refractivity contribution in [2.75, 3.05) is 27.7 Å². The molecule has 1 aliphatic heterocycles. The van der Waals surface area contributed by atoms with Crippen LogP contribution in [0.2, 0.25) is 0 Å². The first kappa shape index (κ1) is 15.8. The molecule has 1 heterocycles. The second-order valence-corrected chi connectivity index (χ2v) is 6.11. The van der Waals surface area contributed by atoms with Gasteiger partial charge in [-0.2, -0.15) is 0 Å². The quantitative estimate of drug-likeness (QED) is 0.683. The third kappa shape index (κ3) is 4.46. The van der Waals surface area contributed by atoms with Crippen molar-refractivity contribution in [3.05, 3.63) is 35.9 Å². The van der Waals surface area contributed by atoms with E-state index in [1.165, 1.54) is 18.4 Å². The first-order valence-electron chi connectivity index (χ1n) is 7.78. The van der Waals surface area contributed by atoms with Crippen LogP contribution in [0.25, 0.3) is 0 Å². The Hall–Kier alpha value is -1.55. The number of aliphatic imine (C=N–C) groups is 1. The predicted molar refractivity (Wildman–Crippen MR) is 89.5 cm³/mol. The fourth-order valence-electron chi connectivity index (χ4n) is 2.98. The van der Waals surface area contributed by atoms with Gasteiger partial charge in [-0.15, -0.1) is 0 Å². The maximum Gasteiger partial charge on any atom is 0.193 e.